The lowest BCUT2D eigenvalue weighted by molar-refractivity contribution is -0.605. The molecule has 2 amide bonds. The number of hydrogen-bond acceptors (Lipinski definition) is 4. The average molecular weight is 464 g/mol. The molecule has 8 heteroatoms. The topological polar surface area (TPSA) is 85.6 Å². The van der Waals surface area contributed by atoms with Crippen LogP contribution in [0.25, 0.3) is 11.1 Å². The molecule has 0 bridgehead atoms. The highest BCUT2D eigenvalue weighted by Crippen LogP contribution is 2.29. The van der Waals surface area contributed by atoms with Crippen LogP contribution in [0.5, 0.6) is 0 Å². The number of cyclic esters (lactones) is 1. The van der Waals surface area contributed by atoms with Gasteiger partial charge in [-0.25, -0.2) is 9.18 Å². The van der Waals surface area contributed by atoms with E-state index >= 15 is 0 Å². The van der Waals surface area contributed by atoms with Crippen LogP contribution in [0.2, 0.25) is 0 Å². The van der Waals surface area contributed by atoms with Crippen molar-refractivity contribution in [2.24, 2.45) is 0 Å². The van der Waals surface area contributed by atoms with Crippen molar-refractivity contribution in [3.8, 4) is 11.1 Å². The highest BCUT2D eigenvalue weighted by molar-refractivity contribution is 5.90. The lowest BCUT2D eigenvalue weighted by Crippen LogP contribution is -2.33. The van der Waals surface area contributed by atoms with Gasteiger partial charge in [0.05, 0.1) is 18.8 Å². The molecular formula is C26H26FN3O4. The van der Waals surface area contributed by atoms with Crippen molar-refractivity contribution in [3.63, 3.8) is 0 Å². The maximum Gasteiger partial charge on any atom is 0.414 e. The van der Waals surface area contributed by atoms with Gasteiger partial charge in [0.25, 0.3) is 0 Å². The van der Waals surface area contributed by atoms with Gasteiger partial charge in [0.2, 0.25) is 5.91 Å². The first-order valence-corrected chi connectivity index (χ1v) is 11.2. The summed E-state index contributed by atoms with van der Waals surface area (Å²) < 4.78 is 20.9. The van der Waals surface area contributed by atoms with Crippen LogP contribution in [-0.4, -0.2) is 31.2 Å². The number of amides is 2. The Bertz CT molecular complexity index is 1170. The Labute approximate surface area is 197 Å². The zero-order valence-corrected chi connectivity index (χ0v) is 18.9. The first kappa shape index (κ1) is 23.2. The van der Waals surface area contributed by atoms with Crippen LogP contribution < -0.4 is 14.9 Å². The maximum atomic E-state index is 14.9. The zero-order chi connectivity index (χ0) is 24.1. The van der Waals surface area contributed by atoms with Crippen LogP contribution >= 0.6 is 0 Å². The van der Waals surface area contributed by atoms with Gasteiger partial charge in [-0.05, 0) is 54.2 Å². The van der Waals surface area contributed by atoms with Crippen LogP contribution in [0.3, 0.4) is 0 Å². The van der Waals surface area contributed by atoms with E-state index < -0.39 is 18.0 Å². The Hall–Kier alpha value is -3.94. The maximum absolute atomic E-state index is 14.9. The molecule has 4 rings (SSSR count). The van der Waals surface area contributed by atoms with E-state index in [-0.39, 0.29) is 19.0 Å². The zero-order valence-electron chi connectivity index (χ0n) is 18.9. The summed E-state index contributed by atoms with van der Waals surface area (Å²) in [5.74, 6) is -0.631. The monoisotopic (exact) mass is 463 g/mol. The number of nitrogens with zero attached hydrogens (tertiary/aromatic N) is 2. The van der Waals surface area contributed by atoms with E-state index in [1.807, 2.05) is 36.4 Å². The van der Waals surface area contributed by atoms with Crippen molar-refractivity contribution in [3.05, 3.63) is 89.1 Å². The summed E-state index contributed by atoms with van der Waals surface area (Å²) in [6.45, 7) is 1.85. The van der Waals surface area contributed by atoms with Crippen molar-refractivity contribution < 1.29 is 23.4 Å². The van der Waals surface area contributed by atoms with Crippen molar-refractivity contribution >= 4 is 17.7 Å². The number of aromatic nitrogens is 1. The first-order valence-electron chi connectivity index (χ1n) is 11.2. The average Bonchev–Trinajstić information content (AvgIpc) is 3.20. The van der Waals surface area contributed by atoms with Gasteiger partial charge >= 0.3 is 6.09 Å². The molecule has 0 aliphatic carbocycles. The fourth-order valence-corrected chi connectivity index (χ4v) is 3.96. The molecule has 2 aromatic carbocycles. The molecule has 0 unspecified atom stereocenters. The highest BCUT2D eigenvalue weighted by Gasteiger charge is 2.32. The number of hydrogen-bond donors (Lipinski definition) is 1. The molecule has 0 spiro atoms. The van der Waals surface area contributed by atoms with Gasteiger partial charge in [-0.3, -0.25) is 9.69 Å². The molecule has 1 aliphatic heterocycles. The van der Waals surface area contributed by atoms with Gasteiger partial charge in [-0.15, -0.1) is 0 Å². The quantitative estimate of drug-likeness (QED) is 0.407. The van der Waals surface area contributed by atoms with E-state index in [1.165, 1.54) is 30.3 Å². The van der Waals surface area contributed by atoms with E-state index in [0.29, 0.717) is 11.3 Å². The Morgan fingerprint density at radius 1 is 1.12 bits per heavy atom. The third-order valence-electron chi connectivity index (χ3n) is 5.78. The third kappa shape index (κ3) is 5.70. The van der Waals surface area contributed by atoms with E-state index in [0.717, 1.165) is 40.7 Å². The number of halogens is 1. The predicted molar refractivity (Wildman–Crippen MR) is 126 cm³/mol. The highest BCUT2D eigenvalue weighted by atomic mass is 19.1. The Kier molecular flexibility index (Phi) is 7.06. The minimum atomic E-state index is -0.561. The van der Waals surface area contributed by atoms with Crippen LogP contribution in [0.1, 0.15) is 24.5 Å². The molecule has 0 saturated carbocycles. The summed E-state index contributed by atoms with van der Waals surface area (Å²) in [6.07, 6.45) is 4.67. The molecule has 176 valence electrons. The van der Waals surface area contributed by atoms with Gasteiger partial charge in [0.15, 0.2) is 12.4 Å². The number of ether oxygens (including phenoxy) is 1. The second-order valence-electron chi connectivity index (χ2n) is 8.33. The molecule has 1 fully saturated rings. The molecule has 1 atom stereocenters. The molecule has 7 nitrogen and oxygen atoms in total. The summed E-state index contributed by atoms with van der Waals surface area (Å²) in [5, 5.41) is 13.7. The Morgan fingerprint density at radius 3 is 2.44 bits per heavy atom. The van der Waals surface area contributed by atoms with Gasteiger partial charge in [-0.1, -0.05) is 24.3 Å². The summed E-state index contributed by atoms with van der Waals surface area (Å²) >= 11 is 0. The van der Waals surface area contributed by atoms with Crippen molar-refractivity contribution in [2.75, 3.05) is 18.0 Å². The van der Waals surface area contributed by atoms with Gasteiger partial charge < -0.3 is 15.3 Å². The standard InChI is InChI=1S/C26H26FN3O4/c1-18(31)28-16-23-17-30(26(32)34-23)22-9-10-24(25(27)15-22)21-7-5-19(6-8-21)3-2-4-20-11-13-29(33)14-12-20/h5-15,23H,2-4,16-17H2,1H3,(H,28,31)/t23-/m0/s1. The fraction of sp³-hybridized carbons (Fsp3) is 0.269. The molecule has 3 aromatic rings. The van der Waals surface area contributed by atoms with Gasteiger partial charge in [0, 0.05) is 24.6 Å². The predicted octanol–water partition coefficient (Wildman–Crippen LogP) is 3.76. The van der Waals surface area contributed by atoms with Crippen molar-refractivity contribution in [1.29, 1.82) is 0 Å². The number of carbonyl (C=O) groups excluding carboxylic acids is 2. The number of aryl methyl sites for hydroxylation is 2. The summed E-state index contributed by atoms with van der Waals surface area (Å²) in [5.41, 5.74) is 3.89. The van der Waals surface area contributed by atoms with Crippen LogP contribution in [0.15, 0.2) is 67.0 Å². The Morgan fingerprint density at radius 2 is 1.79 bits per heavy atom. The number of rotatable bonds is 8. The number of benzene rings is 2. The molecule has 1 aliphatic rings. The van der Waals surface area contributed by atoms with Crippen LogP contribution in [-0.2, 0) is 22.4 Å². The number of nitrogens with one attached hydrogen (secondary N) is 1. The molecule has 1 aromatic heterocycles. The summed E-state index contributed by atoms with van der Waals surface area (Å²) in [7, 11) is 0. The lowest BCUT2D eigenvalue weighted by atomic mass is 10.00. The molecule has 0 radical (unpaired) electrons. The third-order valence-corrected chi connectivity index (χ3v) is 5.78. The Balaban J connectivity index is 1.36. The normalized spacial score (nSPS) is 15.3. The smallest absolute Gasteiger partial charge is 0.414 e. The minimum absolute atomic E-state index is 0.204. The second kappa shape index (κ2) is 10.3. The minimum Gasteiger partial charge on any atom is -0.619 e. The van der Waals surface area contributed by atoms with Crippen LogP contribution in [0.4, 0.5) is 14.9 Å². The molecule has 1 saturated heterocycles. The number of anilines is 1. The molecule has 2 heterocycles. The van der Waals surface area contributed by atoms with E-state index in [2.05, 4.69) is 5.32 Å². The fourth-order valence-electron chi connectivity index (χ4n) is 3.96. The SMILES string of the molecule is CC(=O)NC[C@H]1CN(c2ccc(-c3ccc(CCCc4cc[n+]([O-])cc4)cc3)c(F)c2)C(=O)O1. The van der Waals surface area contributed by atoms with Crippen LogP contribution in [0, 0.1) is 11.0 Å². The van der Waals surface area contributed by atoms with E-state index in [4.69, 9.17) is 4.74 Å². The van der Waals surface area contributed by atoms with Gasteiger partial charge in [-0.2, -0.15) is 4.73 Å². The van der Waals surface area contributed by atoms with E-state index in [9.17, 15) is 19.2 Å². The first-order chi connectivity index (χ1) is 16.4. The van der Waals surface area contributed by atoms with Crippen molar-refractivity contribution in [2.45, 2.75) is 32.3 Å². The second-order valence-corrected chi connectivity index (χ2v) is 8.33. The van der Waals surface area contributed by atoms with Crippen molar-refractivity contribution in [1.82, 2.24) is 5.32 Å². The summed E-state index contributed by atoms with van der Waals surface area (Å²) in [4.78, 5) is 24.6. The molecule has 1 N–H and O–H groups in total. The summed E-state index contributed by atoms with van der Waals surface area (Å²) in [6, 6.07) is 16.1. The molecular weight excluding hydrogens is 437 g/mol. The molecule has 34 heavy (non-hydrogen) atoms. The largest absolute Gasteiger partial charge is 0.619 e. The van der Waals surface area contributed by atoms with E-state index in [1.54, 1.807) is 12.1 Å². The lowest BCUT2D eigenvalue weighted by Gasteiger charge is -2.15. The number of pyridine rings is 1. The number of carbonyl (C=O) groups is 2. The van der Waals surface area contributed by atoms with Gasteiger partial charge in [0.1, 0.15) is 11.9 Å².